The van der Waals surface area contributed by atoms with Crippen molar-refractivity contribution in [2.24, 2.45) is 0 Å². The van der Waals surface area contributed by atoms with Crippen molar-refractivity contribution in [1.82, 2.24) is 14.6 Å². The Morgan fingerprint density at radius 3 is 2.56 bits per heavy atom. The van der Waals surface area contributed by atoms with Gasteiger partial charge in [0.05, 0.1) is 4.90 Å². The molecule has 2 N–H and O–H groups in total. The highest BCUT2D eigenvalue weighted by Gasteiger charge is 2.17. The van der Waals surface area contributed by atoms with E-state index in [9.17, 15) is 8.42 Å². The van der Waals surface area contributed by atoms with Crippen LogP contribution in [0.4, 0.5) is 0 Å². The van der Waals surface area contributed by atoms with Crippen LogP contribution in [0.5, 0.6) is 0 Å². The number of aromatic amines is 1. The molecule has 0 unspecified atom stereocenters. The van der Waals surface area contributed by atoms with Gasteiger partial charge in [0.15, 0.2) is 0 Å². The molecule has 4 aromatic rings. The number of halogens is 2. The van der Waals surface area contributed by atoms with Gasteiger partial charge in [0, 0.05) is 52.3 Å². The van der Waals surface area contributed by atoms with E-state index in [1.54, 1.807) is 24.3 Å². The van der Waals surface area contributed by atoms with Gasteiger partial charge in [0.1, 0.15) is 0 Å². The molecule has 176 valence electrons. The third-order valence-corrected chi connectivity index (χ3v) is 8.24. The molecule has 3 aromatic carbocycles. The van der Waals surface area contributed by atoms with Crippen LogP contribution in [0.3, 0.4) is 0 Å². The molecule has 8 heteroatoms. The predicted octanol–water partition coefficient (Wildman–Crippen LogP) is 6.09. The van der Waals surface area contributed by atoms with E-state index in [1.807, 2.05) is 30.3 Å². The number of H-pyrrole nitrogens is 1. The van der Waals surface area contributed by atoms with E-state index in [0.29, 0.717) is 11.6 Å². The number of sulfonamides is 1. The molecular formula is C26H25Cl2N3O2S. The SMILES string of the molecule is O=S(=O)(NCCCN1CC=C(c2c[nH]c3ccc(Cl)cc23)CC1)c1ccc2cc(Cl)ccc2c1. The van der Waals surface area contributed by atoms with Gasteiger partial charge in [-0.25, -0.2) is 13.1 Å². The zero-order valence-electron chi connectivity index (χ0n) is 18.5. The summed E-state index contributed by atoms with van der Waals surface area (Å²) in [5.74, 6) is 0. The number of nitrogens with one attached hydrogen (secondary N) is 2. The van der Waals surface area contributed by atoms with Crippen LogP contribution < -0.4 is 4.72 Å². The van der Waals surface area contributed by atoms with Gasteiger partial charge < -0.3 is 4.98 Å². The molecule has 0 radical (unpaired) electrons. The fourth-order valence-electron chi connectivity index (χ4n) is 4.47. The maximum absolute atomic E-state index is 12.7. The molecule has 1 aliphatic heterocycles. The summed E-state index contributed by atoms with van der Waals surface area (Å²) < 4.78 is 28.2. The highest BCUT2D eigenvalue weighted by molar-refractivity contribution is 7.89. The number of fused-ring (bicyclic) bond motifs is 2. The number of benzene rings is 3. The van der Waals surface area contributed by atoms with Gasteiger partial charge >= 0.3 is 0 Å². The molecule has 0 amide bonds. The lowest BCUT2D eigenvalue weighted by Crippen LogP contribution is -2.32. The molecule has 0 saturated heterocycles. The summed E-state index contributed by atoms with van der Waals surface area (Å²) in [7, 11) is -3.56. The van der Waals surface area contributed by atoms with Gasteiger partial charge in [-0.1, -0.05) is 41.4 Å². The monoisotopic (exact) mass is 513 g/mol. The number of hydrogen-bond donors (Lipinski definition) is 2. The van der Waals surface area contributed by atoms with Crippen molar-refractivity contribution in [1.29, 1.82) is 0 Å². The standard InChI is InChI=1S/C26H25Cl2N3O2S/c27-21-4-2-20-15-23(6-3-19(20)14-21)34(32,33)30-10-1-11-31-12-8-18(9-13-31)25-17-29-26-7-5-22(28)16-24(25)26/h2-8,14-17,29-30H,1,9-13H2. The first kappa shape index (κ1) is 23.4. The van der Waals surface area contributed by atoms with Crippen molar-refractivity contribution in [2.75, 3.05) is 26.2 Å². The highest BCUT2D eigenvalue weighted by atomic mass is 35.5. The first-order valence-electron chi connectivity index (χ1n) is 11.3. The fourth-order valence-corrected chi connectivity index (χ4v) is 5.93. The van der Waals surface area contributed by atoms with E-state index >= 15 is 0 Å². The molecule has 0 fully saturated rings. The van der Waals surface area contributed by atoms with E-state index in [0.717, 1.165) is 59.2 Å². The Labute approximate surface area is 209 Å². The first-order valence-corrected chi connectivity index (χ1v) is 13.5. The normalized spacial score (nSPS) is 15.2. The molecule has 1 aliphatic rings. The van der Waals surface area contributed by atoms with Crippen molar-refractivity contribution in [3.63, 3.8) is 0 Å². The Balaban J connectivity index is 1.15. The number of nitrogens with zero attached hydrogens (tertiary/aromatic N) is 1. The van der Waals surface area contributed by atoms with Gasteiger partial charge in [-0.2, -0.15) is 0 Å². The zero-order valence-corrected chi connectivity index (χ0v) is 20.8. The Bertz CT molecular complexity index is 1490. The second kappa shape index (κ2) is 9.72. The predicted molar refractivity (Wildman–Crippen MR) is 141 cm³/mol. The summed E-state index contributed by atoms with van der Waals surface area (Å²) in [6.07, 6.45) is 6.01. The number of hydrogen-bond acceptors (Lipinski definition) is 3. The molecule has 0 aliphatic carbocycles. The van der Waals surface area contributed by atoms with Gasteiger partial charge in [-0.3, -0.25) is 4.90 Å². The minimum absolute atomic E-state index is 0.270. The molecule has 34 heavy (non-hydrogen) atoms. The van der Waals surface area contributed by atoms with Crippen molar-refractivity contribution >= 4 is 60.5 Å². The molecule has 0 atom stereocenters. The molecule has 2 heterocycles. The average Bonchev–Trinajstić information content (AvgIpc) is 3.25. The maximum Gasteiger partial charge on any atom is 0.240 e. The van der Waals surface area contributed by atoms with Crippen molar-refractivity contribution in [3.05, 3.63) is 82.5 Å². The van der Waals surface area contributed by atoms with Gasteiger partial charge in [-0.05, 0) is 78.2 Å². The van der Waals surface area contributed by atoms with Gasteiger partial charge in [0.25, 0.3) is 0 Å². The van der Waals surface area contributed by atoms with Gasteiger partial charge in [-0.15, -0.1) is 0 Å². The first-order chi connectivity index (χ1) is 16.4. The second-order valence-electron chi connectivity index (χ2n) is 8.58. The number of rotatable bonds is 7. The van der Waals surface area contributed by atoms with E-state index < -0.39 is 10.0 Å². The minimum atomic E-state index is -3.56. The quantitative estimate of drug-likeness (QED) is 0.294. The summed E-state index contributed by atoms with van der Waals surface area (Å²) in [6, 6.07) is 16.4. The molecule has 0 bridgehead atoms. The summed E-state index contributed by atoms with van der Waals surface area (Å²) in [5.41, 5.74) is 3.62. The maximum atomic E-state index is 12.7. The molecule has 0 saturated carbocycles. The van der Waals surface area contributed by atoms with Crippen LogP contribution >= 0.6 is 23.2 Å². The highest BCUT2D eigenvalue weighted by Crippen LogP contribution is 2.31. The fraction of sp³-hybridized carbons (Fsp3) is 0.231. The average molecular weight is 514 g/mol. The summed E-state index contributed by atoms with van der Waals surface area (Å²) in [4.78, 5) is 5.94. The van der Waals surface area contributed by atoms with Crippen LogP contribution in [0.15, 0.2) is 71.8 Å². The van der Waals surface area contributed by atoms with Crippen LogP contribution in [0.1, 0.15) is 18.4 Å². The lowest BCUT2D eigenvalue weighted by atomic mass is 9.99. The Hall–Kier alpha value is -2.35. The van der Waals surface area contributed by atoms with Crippen LogP contribution in [-0.4, -0.2) is 44.5 Å². The lowest BCUT2D eigenvalue weighted by molar-refractivity contribution is 0.298. The van der Waals surface area contributed by atoms with E-state index in [1.165, 1.54) is 11.1 Å². The summed E-state index contributed by atoms with van der Waals surface area (Å²) in [6.45, 7) is 3.03. The molecule has 1 aromatic heterocycles. The van der Waals surface area contributed by atoms with Crippen molar-refractivity contribution < 1.29 is 8.42 Å². The Kier molecular flexibility index (Phi) is 6.69. The van der Waals surface area contributed by atoms with E-state index in [2.05, 4.69) is 26.9 Å². The zero-order chi connectivity index (χ0) is 23.7. The molecular weight excluding hydrogens is 489 g/mol. The van der Waals surface area contributed by atoms with E-state index in [-0.39, 0.29) is 4.90 Å². The van der Waals surface area contributed by atoms with Gasteiger partial charge in [0.2, 0.25) is 10.0 Å². The Morgan fingerprint density at radius 1 is 0.971 bits per heavy atom. The Morgan fingerprint density at radius 2 is 1.74 bits per heavy atom. The molecule has 0 spiro atoms. The van der Waals surface area contributed by atoms with Crippen molar-refractivity contribution in [3.8, 4) is 0 Å². The molecule has 5 rings (SSSR count). The smallest absolute Gasteiger partial charge is 0.240 e. The van der Waals surface area contributed by atoms with Crippen LogP contribution in [0.2, 0.25) is 10.0 Å². The molecule has 5 nitrogen and oxygen atoms in total. The third-order valence-electron chi connectivity index (χ3n) is 6.31. The second-order valence-corrected chi connectivity index (χ2v) is 11.2. The largest absolute Gasteiger partial charge is 0.361 e. The topological polar surface area (TPSA) is 65.2 Å². The van der Waals surface area contributed by atoms with Crippen LogP contribution in [0, 0.1) is 0 Å². The van der Waals surface area contributed by atoms with Crippen molar-refractivity contribution in [2.45, 2.75) is 17.7 Å². The minimum Gasteiger partial charge on any atom is -0.361 e. The van der Waals surface area contributed by atoms with Crippen LogP contribution in [-0.2, 0) is 10.0 Å². The summed E-state index contributed by atoms with van der Waals surface area (Å²) >= 11 is 12.2. The van der Waals surface area contributed by atoms with Crippen LogP contribution in [0.25, 0.3) is 27.2 Å². The van der Waals surface area contributed by atoms with E-state index in [4.69, 9.17) is 23.2 Å². The number of aromatic nitrogens is 1. The third kappa shape index (κ3) is 5.02. The summed E-state index contributed by atoms with van der Waals surface area (Å²) in [5, 5.41) is 4.28. The lowest BCUT2D eigenvalue weighted by Gasteiger charge is -2.26.